The van der Waals surface area contributed by atoms with Crippen LogP contribution in [-0.4, -0.2) is 12.2 Å². The van der Waals surface area contributed by atoms with Crippen LogP contribution >= 0.6 is 0 Å². The van der Waals surface area contributed by atoms with E-state index in [1.54, 1.807) is 13.2 Å². The van der Waals surface area contributed by atoms with Crippen LogP contribution in [0, 0.1) is 0 Å². The van der Waals surface area contributed by atoms with Crippen LogP contribution in [0.2, 0.25) is 0 Å². The molecule has 0 aromatic carbocycles. The van der Waals surface area contributed by atoms with E-state index in [0.29, 0.717) is 5.76 Å². The third kappa shape index (κ3) is 3.50. The van der Waals surface area contributed by atoms with Crippen LogP contribution in [0.15, 0.2) is 36.3 Å². The summed E-state index contributed by atoms with van der Waals surface area (Å²) in [6, 6.07) is 0. The van der Waals surface area contributed by atoms with Gasteiger partial charge in [-0.1, -0.05) is 20.1 Å². The van der Waals surface area contributed by atoms with Gasteiger partial charge in [-0.05, 0) is 18.1 Å². The smallest absolute Gasteiger partial charge is 0.115 e. The fourth-order valence-electron chi connectivity index (χ4n) is 0.712. The summed E-state index contributed by atoms with van der Waals surface area (Å²) < 4.78 is 4.89. The molecular formula is C9H14O2. The van der Waals surface area contributed by atoms with E-state index in [9.17, 15) is 0 Å². The maximum atomic E-state index is 8.83. The van der Waals surface area contributed by atoms with E-state index in [1.165, 1.54) is 0 Å². The molecule has 0 unspecified atom stereocenters. The fourth-order valence-corrected chi connectivity index (χ4v) is 0.712. The standard InChI is InChI=1S/C9H14O2/c1-5-9(6-7(2)10)8(3)11-4/h6,10H,2-3,5H2,1,4H3/b9-6-. The predicted octanol–water partition coefficient (Wildman–Crippen LogP) is 2.55. The van der Waals surface area contributed by atoms with Crippen LogP contribution in [0.25, 0.3) is 0 Å². The molecule has 1 N–H and O–H groups in total. The van der Waals surface area contributed by atoms with E-state index in [4.69, 9.17) is 9.84 Å². The lowest BCUT2D eigenvalue weighted by atomic mass is 10.1. The van der Waals surface area contributed by atoms with Gasteiger partial charge in [0.25, 0.3) is 0 Å². The second-order valence-corrected chi connectivity index (χ2v) is 2.14. The highest BCUT2D eigenvalue weighted by Crippen LogP contribution is 2.13. The summed E-state index contributed by atoms with van der Waals surface area (Å²) in [6.45, 7) is 8.95. The molecule has 0 spiro atoms. The molecule has 0 aliphatic carbocycles. The molecule has 0 aromatic heterocycles. The molecule has 0 aromatic rings. The normalized spacial score (nSPS) is 10.9. The van der Waals surface area contributed by atoms with Crippen molar-refractivity contribution in [1.82, 2.24) is 0 Å². The van der Waals surface area contributed by atoms with Gasteiger partial charge < -0.3 is 9.84 Å². The van der Waals surface area contributed by atoms with Gasteiger partial charge in [-0.15, -0.1) is 0 Å². The number of aliphatic hydroxyl groups is 1. The average molecular weight is 154 g/mol. The Morgan fingerprint density at radius 2 is 2.09 bits per heavy atom. The fraction of sp³-hybridized carbons (Fsp3) is 0.333. The van der Waals surface area contributed by atoms with E-state index in [2.05, 4.69) is 13.2 Å². The highest BCUT2D eigenvalue weighted by Gasteiger charge is 1.99. The molecule has 0 saturated carbocycles. The molecular weight excluding hydrogens is 140 g/mol. The third-order valence-corrected chi connectivity index (χ3v) is 1.33. The number of hydrogen-bond acceptors (Lipinski definition) is 2. The quantitative estimate of drug-likeness (QED) is 0.498. The largest absolute Gasteiger partial charge is 0.509 e. The molecule has 0 bridgehead atoms. The summed E-state index contributed by atoms with van der Waals surface area (Å²) in [4.78, 5) is 0. The number of ether oxygens (including phenoxy) is 1. The zero-order chi connectivity index (χ0) is 8.85. The Balaban J connectivity index is 4.39. The Morgan fingerprint density at radius 3 is 2.36 bits per heavy atom. The molecule has 0 fully saturated rings. The molecule has 11 heavy (non-hydrogen) atoms. The van der Waals surface area contributed by atoms with E-state index in [1.807, 2.05) is 6.92 Å². The SMILES string of the molecule is C=C(O)/C=C(/CC)C(=C)OC. The first-order valence-corrected chi connectivity index (χ1v) is 3.43. The highest BCUT2D eigenvalue weighted by atomic mass is 16.5. The van der Waals surface area contributed by atoms with Crippen molar-refractivity contribution in [2.24, 2.45) is 0 Å². The maximum absolute atomic E-state index is 8.83. The van der Waals surface area contributed by atoms with Crippen LogP contribution in [0.5, 0.6) is 0 Å². The zero-order valence-corrected chi connectivity index (χ0v) is 7.05. The van der Waals surface area contributed by atoms with Gasteiger partial charge >= 0.3 is 0 Å². The number of allylic oxidation sites excluding steroid dienone is 2. The summed E-state index contributed by atoms with van der Waals surface area (Å²) in [5.41, 5.74) is 0.861. The minimum absolute atomic E-state index is 0.0278. The van der Waals surface area contributed by atoms with E-state index < -0.39 is 0 Å². The van der Waals surface area contributed by atoms with Gasteiger partial charge in [0.15, 0.2) is 0 Å². The molecule has 0 saturated heterocycles. The first kappa shape index (κ1) is 9.82. The Kier molecular flexibility index (Phi) is 4.11. The minimum Gasteiger partial charge on any atom is -0.509 e. The zero-order valence-electron chi connectivity index (χ0n) is 7.05. The minimum atomic E-state index is 0.0278. The van der Waals surface area contributed by atoms with Crippen LogP contribution in [-0.2, 0) is 4.74 Å². The number of rotatable bonds is 4. The Labute approximate surface area is 67.5 Å². The second kappa shape index (κ2) is 4.61. The van der Waals surface area contributed by atoms with Gasteiger partial charge in [-0.2, -0.15) is 0 Å². The van der Waals surface area contributed by atoms with Gasteiger partial charge in [0.05, 0.1) is 7.11 Å². The average Bonchev–Trinajstić information content (AvgIpc) is 1.98. The van der Waals surface area contributed by atoms with Gasteiger partial charge in [0, 0.05) is 0 Å². The topological polar surface area (TPSA) is 29.5 Å². The first-order valence-electron chi connectivity index (χ1n) is 3.43. The Morgan fingerprint density at radius 1 is 1.55 bits per heavy atom. The van der Waals surface area contributed by atoms with Crippen molar-refractivity contribution in [1.29, 1.82) is 0 Å². The van der Waals surface area contributed by atoms with Crippen molar-refractivity contribution < 1.29 is 9.84 Å². The summed E-state index contributed by atoms with van der Waals surface area (Å²) >= 11 is 0. The monoisotopic (exact) mass is 154 g/mol. The first-order chi connectivity index (χ1) is 5.11. The Hall–Kier alpha value is -1.18. The number of hydrogen-bond donors (Lipinski definition) is 1. The van der Waals surface area contributed by atoms with Crippen molar-refractivity contribution in [2.45, 2.75) is 13.3 Å². The number of aliphatic hydroxyl groups excluding tert-OH is 1. The summed E-state index contributed by atoms with van der Waals surface area (Å²) in [5, 5.41) is 8.83. The second-order valence-electron chi connectivity index (χ2n) is 2.14. The maximum Gasteiger partial charge on any atom is 0.115 e. The molecule has 62 valence electrons. The van der Waals surface area contributed by atoms with E-state index in [-0.39, 0.29) is 5.76 Å². The number of methoxy groups -OCH3 is 1. The molecule has 0 heterocycles. The van der Waals surface area contributed by atoms with E-state index >= 15 is 0 Å². The van der Waals surface area contributed by atoms with Gasteiger partial charge in [-0.25, -0.2) is 0 Å². The van der Waals surface area contributed by atoms with Gasteiger partial charge in [-0.3, -0.25) is 0 Å². The summed E-state index contributed by atoms with van der Waals surface area (Å²) in [5.74, 6) is 0.600. The molecule has 2 heteroatoms. The molecule has 0 amide bonds. The molecule has 0 radical (unpaired) electrons. The predicted molar refractivity (Wildman–Crippen MR) is 46.3 cm³/mol. The van der Waals surface area contributed by atoms with Crippen LogP contribution < -0.4 is 0 Å². The van der Waals surface area contributed by atoms with Crippen molar-refractivity contribution in [3.8, 4) is 0 Å². The van der Waals surface area contributed by atoms with Crippen LogP contribution in [0.3, 0.4) is 0 Å². The van der Waals surface area contributed by atoms with Crippen LogP contribution in [0.1, 0.15) is 13.3 Å². The summed E-state index contributed by atoms with van der Waals surface area (Å²) in [6.07, 6.45) is 2.32. The lowest BCUT2D eigenvalue weighted by Gasteiger charge is -2.05. The van der Waals surface area contributed by atoms with Crippen molar-refractivity contribution >= 4 is 0 Å². The van der Waals surface area contributed by atoms with Crippen molar-refractivity contribution in [3.05, 3.63) is 36.3 Å². The molecule has 2 nitrogen and oxygen atoms in total. The lowest BCUT2D eigenvalue weighted by Crippen LogP contribution is -1.90. The Bertz CT molecular complexity index is 190. The third-order valence-electron chi connectivity index (χ3n) is 1.33. The molecule has 0 atom stereocenters. The molecule has 0 aliphatic rings. The van der Waals surface area contributed by atoms with Gasteiger partial charge in [0.1, 0.15) is 11.5 Å². The lowest BCUT2D eigenvalue weighted by molar-refractivity contribution is 0.300. The van der Waals surface area contributed by atoms with Crippen molar-refractivity contribution in [3.63, 3.8) is 0 Å². The molecule has 0 rings (SSSR count). The molecule has 0 aliphatic heterocycles. The van der Waals surface area contributed by atoms with E-state index in [0.717, 1.165) is 12.0 Å². The van der Waals surface area contributed by atoms with Crippen molar-refractivity contribution in [2.75, 3.05) is 7.11 Å². The summed E-state index contributed by atoms with van der Waals surface area (Å²) in [7, 11) is 1.55. The highest BCUT2D eigenvalue weighted by molar-refractivity contribution is 5.28. The van der Waals surface area contributed by atoms with Gasteiger partial charge in [0.2, 0.25) is 0 Å². The van der Waals surface area contributed by atoms with Crippen LogP contribution in [0.4, 0.5) is 0 Å².